The molecular weight excluding hydrogens is 473 g/mol. The predicted octanol–water partition coefficient (Wildman–Crippen LogP) is 4.79. The van der Waals surface area contributed by atoms with Crippen molar-refractivity contribution in [3.8, 4) is 16.8 Å². The van der Waals surface area contributed by atoms with E-state index in [1.807, 2.05) is 57.8 Å². The molecule has 1 saturated heterocycles. The van der Waals surface area contributed by atoms with Gasteiger partial charge in [0.05, 0.1) is 17.3 Å². The summed E-state index contributed by atoms with van der Waals surface area (Å²) in [4.78, 5) is 26.1. The molecule has 10 heteroatoms. The maximum atomic E-state index is 15.1. The van der Waals surface area contributed by atoms with Crippen molar-refractivity contribution in [2.24, 2.45) is 7.05 Å². The Labute approximate surface area is 215 Å². The number of halogens is 1. The molecule has 0 spiro atoms. The summed E-state index contributed by atoms with van der Waals surface area (Å²) >= 11 is 0. The zero-order valence-electron chi connectivity index (χ0n) is 22.0. The summed E-state index contributed by atoms with van der Waals surface area (Å²) in [7, 11) is 1.85. The minimum atomic E-state index is -0.570. The Bertz CT molecular complexity index is 1450. The van der Waals surface area contributed by atoms with Crippen molar-refractivity contribution in [1.82, 2.24) is 29.2 Å². The molecule has 2 atom stereocenters. The number of amides is 1. The summed E-state index contributed by atoms with van der Waals surface area (Å²) < 4.78 is 24.3. The number of aromatic nitrogens is 5. The third kappa shape index (κ3) is 4.63. The zero-order chi connectivity index (χ0) is 26.5. The molecule has 0 saturated carbocycles. The lowest BCUT2D eigenvalue weighted by atomic mass is 10.0. The predicted molar refractivity (Wildman–Crippen MR) is 140 cm³/mol. The number of benzene rings is 1. The molecular formula is C27H32FN7O2. The van der Waals surface area contributed by atoms with Gasteiger partial charge in [0, 0.05) is 55.7 Å². The summed E-state index contributed by atoms with van der Waals surface area (Å²) in [5.74, 6) is 0.382. The number of rotatable bonds is 3. The van der Waals surface area contributed by atoms with Crippen molar-refractivity contribution in [1.29, 1.82) is 0 Å². The summed E-state index contributed by atoms with van der Waals surface area (Å²) in [5.41, 5.74) is 2.07. The van der Waals surface area contributed by atoms with E-state index in [-0.39, 0.29) is 24.0 Å². The molecule has 5 rings (SSSR count). The van der Waals surface area contributed by atoms with Crippen LogP contribution in [0.15, 0.2) is 49.2 Å². The van der Waals surface area contributed by atoms with E-state index in [1.165, 1.54) is 12.4 Å². The first-order valence-corrected chi connectivity index (χ1v) is 12.4. The van der Waals surface area contributed by atoms with Gasteiger partial charge in [0.25, 0.3) is 0 Å². The molecule has 1 aromatic carbocycles. The van der Waals surface area contributed by atoms with E-state index in [4.69, 9.17) is 9.72 Å². The zero-order valence-corrected chi connectivity index (χ0v) is 22.0. The summed E-state index contributed by atoms with van der Waals surface area (Å²) in [5, 5.41) is 5.05. The summed E-state index contributed by atoms with van der Waals surface area (Å²) in [6.45, 7) is 10.7. The Morgan fingerprint density at radius 3 is 2.49 bits per heavy atom. The van der Waals surface area contributed by atoms with E-state index >= 15 is 4.39 Å². The molecule has 1 aliphatic rings. The molecule has 1 aliphatic heterocycles. The van der Waals surface area contributed by atoms with Crippen LogP contribution in [0.1, 0.15) is 34.6 Å². The lowest BCUT2D eigenvalue weighted by Crippen LogP contribution is -2.59. The van der Waals surface area contributed by atoms with Crippen LogP contribution in [0, 0.1) is 5.82 Å². The number of carbonyl (C=O) groups excluding carboxylic acids is 1. The first kappa shape index (κ1) is 24.7. The second-order valence-corrected chi connectivity index (χ2v) is 10.6. The fraction of sp³-hybridized carbons (Fsp3) is 0.407. The van der Waals surface area contributed by atoms with Gasteiger partial charge in [-0.3, -0.25) is 9.25 Å². The van der Waals surface area contributed by atoms with Gasteiger partial charge in [-0.1, -0.05) is 18.2 Å². The molecule has 3 aromatic heterocycles. The molecule has 0 bridgehead atoms. The lowest BCUT2D eigenvalue weighted by Gasteiger charge is -2.44. The van der Waals surface area contributed by atoms with Gasteiger partial charge in [0.2, 0.25) is 0 Å². The summed E-state index contributed by atoms with van der Waals surface area (Å²) in [6.07, 6.45) is 6.73. The molecule has 194 valence electrons. The van der Waals surface area contributed by atoms with E-state index in [0.29, 0.717) is 35.7 Å². The number of anilines is 1. The number of aryl methyl sites for hydroxylation is 1. The average molecular weight is 506 g/mol. The Morgan fingerprint density at radius 1 is 1.05 bits per heavy atom. The lowest BCUT2D eigenvalue weighted by molar-refractivity contribution is 0.0130. The van der Waals surface area contributed by atoms with E-state index in [0.717, 1.165) is 11.1 Å². The van der Waals surface area contributed by atoms with Crippen LogP contribution in [0.5, 0.6) is 0 Å². The number of hydrogen-bond acceptors (Lipinski definition) is 6. The molecule has 0 N–H and O–H groups in total. The van der Waals surface area contributed by atoms with Gasteiger partial charge in [-0.25, -0.2) is 19.2 Å². The van der Waals surface area contributed by atoms with E-state index in [9.17, 15) is 4.79 Å². The first-order chi connectivity index (χ1) is 17.5. The molecule has 1 amide bonds. The summed E-state index contributed by atoms with van der Waals surface area (Å²) in [6, 6.07) is 6.54. The van der Waals surface area contributed by atoms with Gasteiger partial charge in [0.15, 0.2) is 5.65 Å². The van der Waals surface area contributed by atoms with Crippen LogP contribution < -0.4 is 4.90 Å². The number of piperazine rings is 1. The minimum Gasteiger partial charge on any atom is -0.444 e. The number of nitrogens with zero attached hydrogens (tertiary/aromatic N) is 7. The highest BCUT2D eigenvalue weighted by Crippen LogP contribution is 2.39. The molecule has 0 radical (unpaired) electrons. The fourth-order valence-electron chi connectivity index (χ4n) is 4.87. The van der Waals surface area contributed by atoms with Gasteiger partial charge in [-0.2, -0.15) is 5.10 Å². The average Bonchev–Trinajstić information content (AvgIpc) is 3.43. The largest absolute Gasteiger partial charge is 0.444 e. The third-order valence-electron chi connectivity index (χ3n) is 6.58. The second-order valence-electron chi connectivity index (χ2n) is 10.6. The van der Waals surface area contributed by atoms with Gasteiger partial charge in [0.1, 0.15) is 23.6 Å². The van der Waals surface area contributed by atoms with Crippen molar-refractivity contribution in [2.45, 2.75) is 52.3 Å². The molecule has 4 aromatic rings. The Hall–Kier alpha value is -3.95. The molecule has 0 aliphatic carbocycles. The highest BCUT2D eigenvalue weighted by Gasteiger charge is 2.36. The van der Waals surface area contributed by atoms with Gasteiger partial charge < -0.3 is 14.5 Å². The van der Waals surface area contributed by atoms with Crippen LogP contribution in [0.25, 0.3) is 27.8 Å². The van der Waals surface area contributed by atoms with Crippen LogP contribution in [-0.4, -0.2) is 66.1 Å². The Balaban J connectivity index is 1.62. The second kappa shape index (κ2) is 9.17. The van der Waals surface area contributed by atoms with Crippen LogP contribution in [0.3, 0.4) is 0 Å². The number of hydrogen-bond donors (Lipinski definition) is 0. The Morgan fingerprint density at radius 2 is 1.81 bits per heavy atom. The number of carbonyl (C=O) groups is 1. The van der Waals surface area contributed by atoms with Gasteiger partial charge >= 0.3 is 6.09 Å². The van der Waals surface area contributed by atoms with E-state index in [1.54, 1.807) is 27.9 Å². The molecule has 9 nitrogen and oxygen atoms in total. The minimum absolute atomic E-state index is 0.0583. The smallest absolute Gasteiger partial charge is 0.410 e. The maximum Gasteiger partial charge on any atom is 0.410 e. The van der Waals surface area contributed by atoms with Crippen molar-refractivity contribution < 1.29 is 13.9 Å². The van der Waals surface area contributed by atoms with Gasteiger partial charge in [-0.15, -0.1) is 0 Å². The van der Waals surface area contributed by atoms with E-state index < -0.39 is 5.60 Å². The van der Waals surface area contributed by atoms with Crippen molar-refractivity contribution in [3.05, 3.63) is 55.0 Å². The van der Waals surface area contributed by atoms with Crippen molar-refractivity contribution >= 4 is 22.9 Å². The van der Waals surface area contributed by atoms with Crippen LogP contribution in [0.2, 0.25) is 0 Å². The van der Waals surface area contributed by atoms with Crippen LogP contribution in [0.4, 0.5) is 15.0 Å². The van der Waals surface area contributed by atoms with Crippen molar-refractivity contribution in [2.75, 3.05) is 18.0 Å². The number of fused-ring (bicyclic) bond motifs is 1. The molecule has 37 heavy (non-hydrogen) atoms. The van der Waals surface area contributed by atoms with Gasteiger partial charge in [-0.05, 0) is 40.7 Å². The normalized spacial score (nSPS) is 18.5. The standard InChI is InChI=1S/C27H32FN7O2/c1-17-13-34(26(36)37-27(3,4)5)18(2)12-33(17)24-23-21(20-9-7-8-10-22(20)28)15-35(25(23)30-16-29-24)19-11-31-32(6)14-19/h7-11,14-18H,12-13H2,1-6H3. The quantitative estimate of drug-likeness (QED) is 0.398. The van der Waals surface area contributed by atoms with Crippen molar-refractivity contribution in [3.63, 3.8) is 0 Å². The SMILES string of the molecule is CC1CN(c2ncnc3c2c(-c2ccccc2F)cn3-c2cnn(C)c2)C(C)CN1C(=O)OC(C)(C)C. The van der Waals surface area contributed by atoms with Crippen LogP contribution >= 0.6 is 0 Å². The maximum absolute atomic E-state index is 15.1. The highest BCUT2D eigenvalue weighted by atomic mass is 19.1. The molecule has 2 unspecified atom stereocenters. The number of ether oxygens (including phenoxy) is 1. The third-order valence-corrected chi connectivity index (χ3v) is 6.58. The van der Waals surface area contributed by atoms with Crippen LogP contribution in [-0.2, 0) is 11.8 Å². The topological polar surface area (TPSA) is 81.3 Å². The fourth-order valence-corrected chi connectivity index (χ4v) is 4.87. The molecule has 1 fully saturated rings. The first-order valence-electron chi connectivity index (χ1n) is 12.4. The molecule has 4 heterocycles. The van der Waals surface area contributed by atoms with E-state index in [2.05, 4.69) is 21.9 Å². The Kier molecular flexibility index (Phi) is 6.13. The highest BCUT2D eigenvalue weighted by molar-refractivity contribution is 6.02. The monoisotopic (exact) mass is 505 g/mol.